The van der Waals surface area contributed by atoms with Gasteiger partial charge in [0.15, 0.2) is 0 Å². The number of hydrogen-bond donors (Lipinski definition) is 0. The average Bonchev–Trinajstić information content (AvgIpc) is 2.58. The van der Waals surface area contributed by atoms with Gasteiger partial charge < -0.3 is 0 Å². The minimum atomic E-state index is -0.379. The van der Waals surface area contributed by atoms with Crippen molar-refractivity contribution in [3.05, 3.63) is 35.4 Å². The topological polar surface area (TPSA) is 0 Å². The molecular formula is C12H13ClF2. The molecule has 0 amide bonds. The van der Waals surface area contributed by atoms with Crippen LogP contribution in [0.15, 0.2) is 18.2 Å². The molecule has 2 unspecified atom stereocenters. The molecule has 0 N–H and O–H groups in total. The maximum atomic E-state index is 13.3. The second-order valence-electron chi connectivity index (χ2n) is 4.15. The molecule has 0 aliphatic heterocycles. The Hall–Kier alpha value is -0.630. The van der Waals surface area contributed by atoms with Crippen molar-refractivity contribution in [2.75, 3.05) is 0 Å². The summed E-state index contributed by atoms with van der Waals surface area (Å²) < 4.78 is 26.3. The van der Waals surface area contributed by atoms with Crippen LogP contribution in [0.3, 0.4) is 0 Å². The first-order valence-electron chi connectivity index (χ1n) is 5.25. The molecule has 0 saturated heterocycles. The predicted octanol–water partition coefficient (Wildman–Crippen LogP) is 3.91. The first-order chi connectivity index (χ1) is 7.16. The zero-order chi connectivity index (χ0) is 10.8. The van der Waals surface area contributed by atoms with Crippen LogP contribution < -0.4 is 0 Å². The Labute approximate surface area is 93.2 Å². The van der Waals surface area contributed by atoms with Gasteiger partial charge in [-0.25, -0.2) is 8.78 Å². The summed E-state index contributed by atoms with van der Waals surface area (Å²) in [5.41, 5.74) is 0.451. The third-order valence-corrected chi connectivity index (χ3v) is 3.63. The lowest BCUT2D eigenvalue weighted by molar-refractivity contribution is 0.519. The molecule has 1 fully saturated rings. The molecule has 1 aromatic carbocycles. The quantitative estimate of drug-likeness (QED) is 0.676. The number of alkyl halides is 1. The van der Waals surface area contributed by atoms with E-state index < -0.39 is 0 Å². The fraction of sp³-hybridized carbons (Fsp3) is 0.500. The van der Waals surface area contributed by atoms with Crippen molar-refractivity contribution in [1.82, 2.24) is 0 Å². The third kappa shape index (κ3) is 2.49. The third-order valence-electron chi connectivity index (χ3n) is 3.06. The van der Waals surface area contributed by atoms with Crippen LogP contribution in [0.25, 0.3) is 0 Å². The van der Waals surface area contributed by atoms with Gasteiger partial charge in [-0.05, 0) is 48.9 Å². The van der Waals surface area contributed by atoms with Gasteiger partial charge in [0.05, 0.1) is 0 Å². The second kappa shape index (κ2) is 4.48. The summed E-state index contributed by atoms with van der Waals surface area (Å²) in [5.74, 6) is -0.411. The SMILES string of the molecule is Fc1ccc(F)c(CC2CCCC2Cl)c1. The standard InChI is InChI=1S/C12H13ClF2/c13-11-3-1-2-8(11)6-9-7-10(14)4-5-12(9)15/h4-5,7-8,11H,1-3,6H2. The van der Waals surface area contributed by atoms with Crippen LogP contribution in [0.5, 0.6) is 0 Å². The van der Waals surface area contributed by atoms with Gasteiger partial charge in [-0.2, -0.15) is 0 Å². The zero-order valence-corrected chi connectivity index (χ0v) is 9.11. The lowest BCUT2D eigenvalue weighted by atomic mass is 9.97. The summed E-state index contributed by atoms with van der Waals surface area (Å²) >= 11 is 6.10. The monoisotopic (exact) mass is 230 g/mol. The highest BCUT2D eigenvalue weighted by molar-refractivity contribution is 6.20. The van der Waals surface area contributed by atoms with Gasteiger partial charge in [0, 0.05) is 5.38 Å². The van der Waals surface area contributed by atoms with Crippen LogP contribution >= 0.6 is 11.6 Å². The van der Waals surface area contributed by atoms with E-state index in [-0.39, 0.29) is 17.0 Å². The van der Waals surface area contributed by atoms with E-state index in [4.69, 9.17) is 11.6 Å². The Bertz CT molecular complexity index is 351. The first-order valence-corrected chi connectivity index (χ1v) is 5.68. The number of rotatable bonds is 2. The van der Waals surface area contributed by atoms with Crippen molar-refractivity contribution in [2.24, 2.45) is 5.92 Å². The molecule has 0 heterocycles. The fourth-order valence-electron chi connectivity index (χ4n) is 2.20. The molecule has 0 aromatic heterocycles. The highest BCUT2D eigenvalue weighted by Gasteiger charge is 2.26. The minimum absolute atomic E-state index is 0.118. The van der Waals surface area contributed by atoms with Gasteiger partial charge in [-0.15, -0.1) is 11.6 Å². The van der Waals surface area contributed by atoms with E-state index in [1.807, 2.05) is 0 Å². The highest BCUT2D eigenvalue weighted by atomic mass is 35.5. The number of benzene rings is 1. The van der Waals surface area contributed by atoms with Crippen LogP contribution in [-0.2, 0) is 6.42 Å². The number of halogens is 3. The molecule has 1 aromatic rings. The predicted molar refractivity (Wildman–Crippen MR) is 57.0 cm³/mol. The van der Waals surface area contributed by atoms with Crippen molar-refractivity contribution in [2.45, 2.75) is 31.1 Å². The van der Waals surface area contributed by atoms with Gasteiger partial charge in [0.25, 0.3) is 0 Å². The molecule has 1 aliphatic rings. The Morgan fingerprint density at radius 1 is 1.27 bits per heavy atom. The maximum Gasteiger partial charge on any atom is 0.126 e. The van der Waals surface area contributed by atoms with Gasteiger partial charge in [0.2, 0.25) is 0 Å². The van der Waals surface area contributed by atoms with E-state index in [1.165, 1.54) is 12.1 Å². The van der Waals surface area contributed by atoms with Crippen molar-refractivity contribution >= 4 is 11.6 Å². The maximum absolute atomic E-state index is 13.3. The Morgan fingerprint density at radius 3 is 2.73 bits per heavy atom. The highest BCUT2D eigenvalue weighted by Crippen LogP contribution is 2.33. The Kier molecular flexibility index (Phi) is 3.25. The van der Waals surface area contributed by atoms with Gasteiger partial charge in [0.1, 0.15) is 11.6 Å². The van der Waals surface area contributed by atoms with Crippen LogP contribution in [0.4, 0.5) is 8.78 Å². The van der Waals surface area contributed by atoms with Crippen LogP contribution in [0.2, 0.25) is 0 Å². The van der Waals surface area contributed by atoms with Crippen molar-refractivity contribution in [3.63, 3.8) is 0 Å². The van der Waals surface area contributed by atoms with E-state index >= 15 is 0 Å². The molecule has 0 radical (unpaired) electrons. The normalized spacial score (nSPS) is 25.8. The Morgan fingerprint density at radius 2 is 2.07 bits per heavy atom. The molecule has 0 spiro atoms. The second-order valence-corrected chi connectivity index (χ2v) is 4.71. The summed E-state index contributed by atoms with van der Waals surface area (Å²) in [7, 11) is 0. The molecule has 0 nitrogen and oxygen atoms in total. The average molecular weight is 231 g/mol. The summed E-state index contributed by atoms with van der Waals surface area (Å²) in [6.07, 6.45) is 3.65. The molecule has 2 atom stereocenters. The van der Waals surface area contributed by atoms with E-state index in [0.717, 1.165) is 25.3 Å². The summed E-state index contributed by atoms with van der Waals surface area (Å²) in [6.45, 7) is 0. The van der Waals surface area contributed by atoms with E-state index in [1.54, 1.807) is 0 Å². The summed E-state index contributed by atoms with van der Waals surface area (Å²) in [4.78, 5) is 0. The van der Waals surface area contributed by atoms with Crippen molar-refractivity contribution in [1.29, 1.82) is 0 Å². The number of hydrogen-bond acceptors (Lipinski definition) is 0. The molecule has 2 rings (SSSR count). The molecule has 1 saturated carbocycles. The first kappa shape index (κ1) is 10.9. The Balaban J connectivity index is 2.12. The summed E-state index contributed by atoms with van der Waals surface area (Å²) in [6, 6.07) is 3.60. The van der Waals surface area contributed by atoms with Gasteiger partial charge in [-0.3, -0.25) is 0 Å². The van der Waals surface area contributed by atoms with Crippen LogP contribution in [-0.4, -0.2) is 5.38 Å². The van der Waals surface area contributed by atoms with Crippen LogP contribution in [0, 0.1) is 17.6 Å². The van der Waals surface area contributed by atoms with Gasteiger partial charge in [-0.1, -0.05) is 6.42 Å². The minimum Gasteiger partial charge on any atom is -0.207 e. The largest absolute Gasteiger partial charge is 0.207 e. The molecule has 82 valence electrons. The van der Waals surface area contributed by atoms with E-state index in [9.17, 15) is 8.78 Å². The molecule has 1 aliphatic carbocycles. The van der Waals surface area contributed by atoms with E-state index in [0.29, 0.717) is 17.9 Å². The van der Waals surface area contributed by atoms with Gasteiger partial charge >= 0.3 is 0 Å². The van der Waals surface area contributed by atoms with Crippen molar-refractivity contribution in [3.8, 4) is 0 Å². The lowest BCUT2D eigenvalue weighted by Crippen LogP contribution is -2.11. The molecule has 3 heteroatoms. The smallest absolute Gasteiger partial charge is 0.126 e. The molecule has 0 bridgehead atoms. The summed E-state index contributed by atoms with van der Waals surface area (Å²) in [5, 5.41) is 0.118. The lowest BCUT2D eigenvalue weighted by Gasteiger charge is -2.13. The van der Waals surface area contributed by atoms with Crippen molar-refractivity contribution < 1.29 is 8.78 Å². The van der Waals surface area contributed by atoms with Crippen LogP contribution in [0.1, 0.15) is 24.8 Å². The molecule has 15 heavy (non-hydrogen) atoms. The van der Waals surface area contributed by atoms with E-state index in [2.05, 4.69) is 0 Å². The fourth-order valence-corrected chi connectivity index (χ4v) is 2.57. The molecular weight excluding hydrogens is 218 g/mol. The zero-order valence-electron chi connectivity index (χ0n) is 8.35.